The van der Waals surface area contributed by atoms with Crippen LogP contribution in [0.4, 0.5) is 0 Å². The highest BCUT2D eigenvalue weighted by atomic mass is 16.5. The monoisotopic (exact) mass is 237 g/mol. The zero-order valence-corrected chi connectivity index (χ0v) is 11.0. The van der Waals surface area contributed by atoms with E-state index in [1.54, 1.807) is 7.11 Å². The number of hydrogen-bond donors (Lipinski definition) is 1. The highest BCUT2D eigenvalue weighted by Gasteiger charge is 1.99. The van der Waals surface area contributed by atoms with E-state index in [-0.39, 0.29) is 6.10 Å². The van der Waals surface area contributed by atoms with Crippen molar-refractivity contribution in [2.24, 2.45) is 0 Å². The molecule has 1 N–H and O–H groups in total. The SMILES string of the molecule is CCCOc1ccc(CNCC(C)OC)cc1. The minimum absolute atomic E-state index is 0.252. The largest absolute Gasteiger partial charge is 0.494 e. The molecule has 0 amide bonds. The van der Waals surface area contributed by atoms with Crippen LogP contribution in [0.25, 0.3) is 0 Å². The molecule has 0 aliphatic heterocycles. The summed E-state index contributed by atoms with van der Waals surface area (Å²) >= 11 is 0. The maximum Gasteiger partial charge on any atom is 0.119 e. The molecule has 1 aromatic rings. The van der Waals surface area contributed by atoms with E-state index in [1.807, 2.05) is 12.1 Å². The van der Waals surface area contributed by atoms with Gasteiger partial charge in [-0.1, -0.05) is 19.1 Å². The van der Waals surface area contributed by atoms with Crippen LogP contribution < -0.4 is 10.1 Å². The average Bonchev–Trinajstić information content (AvgIpc) is 2.37. The van der Waals surface area contributed by atoms with E-state index in [1.165, 1.54) is 5.56 Å². The van der Waals surface area contributed by atoms with Crippen molar-refractivity contribution in [3.8, 4) is 5.75 Å². The molecule has 1 atom stereocenters. The Bertz CT molecular complexity index is 298. The van der Waals surface area contributed by atoms with E-state index in [9.17, 15) is 0 Å². The Kier molecular flexibility index (Phi) is 6.67. The summed E-state index contributed by atoms with van der Waals surface area (Å²) in [6.45, 7) is 6.67. The zero-order valence-electron chi connectivity index (χ0n) is 11.0. The Morgan fingerprint density at radius 1 is 1.24 bits per heavy atom. The van der Waals surface area contributed by atoms with Gasteiger partial charge >= 0.3 is 0 Å². The molecule has 0 aliphatic rings. The summed E-state index contributed by atoms with van der Waals surface area (Å²) in [5.74, 6) is 0.945. The zero-order chi connectivity index (χ0) is 12.5. The first-order valence-corrected chi connectivity index (χ1v) is 6.21. The van der Waals surface area contributed by atoms with Crippen molar-refractivity contribution < 1.29 is 9.47 Å². The molecule has 0 aliphatic carbocycles. The van der Waals surface area contributed by atoms with Gasteiger partial charge in [0.15, 0.2) is 0 Å². The molecule has 96 valence electrons. The number of nitrogens with one attached hydrogen (secondary N) is 1. The second-order valence-electron chi connectivity index (χ2n) is 4.17. The van der Waals surface area contributed by atoms with Crippen LogP contribution in [0.15, 0.2) is 24.3 Å². The number of benzene rings is 1. The van der Waals surface area contributed by atoms with E-state index in [4.69, 9.17) is 9.47 Å². The van der Waals surface area contributed by atoms with E-state index in [0.717, 1.165) is 31.9 Å². The first-order valence-electron chi connectivity index (χ1n) is 6.21. The second-order valence-corrected chi connectivity index (χ2v) is 4.17. The highest BCUT2D eigenvalue weighted by molar-refractivity contribution is 5.27. The molecule has 1 aromatic carbocycles. The lowest BCUT2D eigenvalue weighted by Gasteiger charge is -2.11. The van der Waals surface area contributed by atoms with Gasteiger partial charge in [-0.2, -0.15) is 0 Å². The van der Waals surface area contributed by atoms with Gasteiger partial charge in [-0.3, -0.25) is 0 Å². The summed E-state index contributed by atoms with van der Waals surface area (Å²) in [4.78, 5) is 0. The Balaban J connectivity index is 2.30. The molecule has 1 rings (SSSR count). The van der Waals surface area contributed by atoms with Crippen molar-refractivity contribution in [2.75, 3.05) is 20.3 Å². The van der Waals surface area contributed by atoms with Crippen LogP contribution in [0.1, 0.15) is 25.8 Å². The van der Waals surface area contributed by atoms with Crippen molar-refractivity contribution in [1.29, 1.82) is 0 Å². The molecule has 0 radical (unpaired) electrons. The molecular weight excluding hydrogens is 214 g/mol. The summed E-state index contributed by atoms with van der Waals surface area (Å²) in [6.07, 6.45) is 1.29. The Labute approximate surface area is 104 Å². The van der Waals surface area contributed by atoms with Crippen LogP contribution in [0.5, 0.6) is 5.75 Å². The van der Waals surface area contributed by atoms with Crippen LogP contribution in [0.3, 0.4) is 0 Å². The molecule has 0 spiro atoms. The first kappa shape index (κ1) is 14.0. The van der Waals surface area contributed by atoms with Gasteiger partial charge in [0.25, 0.3) is 0 Å². The average molecular weight is 237 g/mol. The molecule has 0 fully saturated rings. The molecule has 0 saturated carbocycles. The Hall–Kier alpha value is -1.06. The lowest BCUT2D eigenvalue weighted by molar-refractivity contribution is 0.117. The maximum atomic E-state index is 5.53. The van der Waals surface area contributed by atoms with E-state index in [2.05, 4.69) is 31.3 Å². The van der Waals surface area contributed by atoms with E-state index < -0.39 is 0 Å². The minimum atomic E-state index is 0.252. The Morgan fingerprint density at radius 3 is 2.53 bits per heavy atom. The molecule has 3 heteroatoms. The molecule has 0 heterocycles. The van der Waals surface area contributed by atoms with Gasteiger partial charge in [0.1, 0.15) is 5.75 Å². The smallest absolute Gasteiger partial charge is 0.119 e. The summed E-state index contributed by atoms with van der Waals surface area (Å²) in [7, 11) is 1.73. The van der Waals surface area contributed by atoms with Gasteiger partial charge in [0, 0.05) is 20.2 Å². The Morgan fingerprint density at radius 2 is 1.94 bits per heavy atom. The van der Waals surface area contributed by atoms with Gasteiger partial charge in [-0.25, -0.2) is 0 Å². The minimum Gasteiger partial charge on any atom is -0.494 e. The molecular formula is C14H23NO2. The highest BCUT2D eigenvalue weighted by Crippen LogP contribution is 2.12. The number of hydrogen-bond acceptors (Lipinski definition) is 3. The molecule has 17 heavy (non-hydrogen) atoms. The van der Waals surface area contributed by atoms with Gasteiger partial charge in [0.05, 0.1) is 12.7 Å². The maximum absolute atomic E-state index is 5.53. The van der Waals surface area contributed by atoms with Crippen molar-refractivity contribution in [3.63, 3.8) is 0 Å². The summed E-state index contributed by atoms with van der Waals surface area (Å²) < 4.78 is 10.7. The third kappa shape index (κ3) is 5.71. The van der Waals surface area contributed by atoms with E-state index >= 15 is 0 Å². The quantitative estimate of drug-likeness (QED) is 0.754. The molecule has 1 unspecified atom stereocenters. The summed E-state index contributed by atoms with van der Waals surface area (Å²) in [5.41, 5.74) is 1.26. The standard InChI is InChI=1S/C14H23NO2/c1-4-9-17-14-7-5-13(6-8-14)11-15-10-12(2)16-3/h5-8,12,15H,4,9-11H2,1-3H3. The number of methoxy groups -OCH3 is 1. The number of ether oxygens (including phenoxy) is 2. The topological polar surface area (TPSA) is 30.5 Å². The third-order valence-electron chi connectivity index (χ3n) is 2.56. The summed E-state index contributed by atoms with van der Waals surface area (Å²) in [6, 6.07) is 8.23. The van der Waals surface area contributed by atoms with Crippen LogP contribution in [0.2, 0.25) is 0 Å². The fraction of sp³-hybridized carbons (Fsp3) is 0.571. The van der Waals surface area contributed by atoms with Crippen molar-refractivity contribution in [2.45, 2.75) is 32.9 Å². The van der Waals surface area contributed by atoms with E-state index in [0.29, 0.717) is 0 Å². The van der Waals surface area contributed by atoms with Crippen LogP contribution in [-0.2, 0) is 11.3 Å². The van der Waals surface area contributed by atoms with Gasteiger partial charge in [0.2, 0.25) is 0 Å². The van der Waals surface area contributed by atoms with Crippen molar-refractivity contribution in [3.05, 3.63) is 29.8 Å². The van der Waals surface area contributed by atoms with Gasteiger partial charge in [-0.15, -0.1) is 0 Å². The second kappa shape index (κ2) is 8.09. The van der Waals surface area contributed by atoms with Crippen molar-refractivity contribution >= 4 is 0 Å². The lowest BCUT2D eigenvalue weighted by Crippen LogP contribution is -2.25. The van der Waals surface area contributed by atoms with Crippen LogP contribution in [0, 0.1) is 0 Å². The molecule has 0 saturated heterocycles. The summed E-state index contributed by atoms with van der Waals surface area (Å²) in [5, 5.41) is 3.35. The molecule has 3 nitrogen and oxygen atoms in total. The third-order valence-corrected chi connectivity index (χ3v) is 2.56. The van der Waals surface area contributed by atoms with Gasteiger partial charge < -0.3 is 14.8 Å². The van der Waals surface area contributed by atoms with Crippen LogP contribution in [-0.4, -0.2) is 26.4 Å². The first-order chi connectivity index (χ1) is 8.26. The molecule has 0 aromatic heterocycles. The van der Waals surface area contributed by atoms with Crippen molar-refractivity contribution in [1.82, 2.24) is 5.32 Å². The fourth-order valence-electron chi connectivity index (χ4n) is 1.43. The van der Waals surface area contributed by atoms with Crippen LogP contribution >= 0.6 is 0 Å². The predicted octanol–water partition coefficient (Wildman–Crippen LogP) is 2.60. The fourth-order valence-corrected chi connectivity index (χ4v) is 1.43. The lowest BCUT2D eigenvalue weighted by atomic mass is 10.2. The normalized spacial score (nSPS) is 12.4. The predicted molar refractivity (Wildman–Crippen MR) is 70.4 cm³/mol. The van der Waals surface area contributed by atoms with Gasteiger partial charge in [-0.05, 0) is 31.0 Å². The molecule has 0 bridgehead atoms. The number of rotatable bonds is 8.